The lowest BCUT2D eigenvalue weighted by molar-refractivity contribution is 0.199. The third-order valence-corrected chi connectivity index (χ3v) is 5.44. The smallest absolute Gasteiger partial charge is 0.241 e. The van der Waals surface area contributed by atoms with Gasteiger partial charge in [-0.2, -0.15) is 0 Å². The fourth-order valence-corrected chi connectivity index (χ4v) is 3.93. The summed E-state index contributed by atoms with van der Waals surface area (Å²) in [5, 5.41) is 3.12. The Bertz CT molecular complexity index is 602. The van der Waals surface area contributed by atoms with Gasteiger partial charge >= 0.3 is 0 Å². The molecule has 2 N–H and O–H groups in total. The monoisotopic (exact) mass is 378 g/mol. The maximum atomic E-state index is 12.6. The first-order valence-electron chi connectivity index (χ1n) is 7.90. The van der Waals surface area contributed by atoms with E-state index in [0.717, 1.165) is 16.7 Å². The van der Waals surface area contributed by atoms with Gasteiger partial charge in [0.15, 0.2) is 0 Å². The number of halogens is 1. The molecule has 0 saturated heterocycles. The molecule has 7 heteroatoms. The van der Waals surface area contributed by atoms with E-state index >= 15 is 0 Å². The van der Waals surface area contributed by atoms with Crippen LogP contribution in [0.5, 0.6) is 0 Å². The number of aryl methyl sites for hydroxylation is 2. The van der Waals surface area contributed by atoms with Crippen molar-refractivity contribution in [3.8, 4) is 0 Å². The molecule has 0 fully saturated rings. The fourth-order valence-electron chi connectivity index (χ4n) is 2.45. The molecule has 0 atom stereocenters. The van der Waals surface area contributed by atoms with E-state index in [1.54, 1.807) is 7.11 Å². The summed E-state index contributed by atoms with van der Waals surface area (Å²) in [5.74, 6) is 0. The molecule has 0 unspecified atom stereocenters. The molecule has 0 aromatic heterocycles. The van der Waals surface area contributed by atoms with E-state index < -0.39 is 10.0 Å². The topological polar surface area (TPSA) is 67.4 Å². The van der Waals surface area contributed by atoms with Crippen molar-refractivity contribution in [1.82, 2.24) is 10.0 Å². The van der Waals surface area contributed by atoms with E-state index in [-0.39, 0.29) is 17.8 Å². The van der Waals surface area contributed by atoms with Crippen LogP contribution in [-0.2, 0) is 20.2 Å². The number of hydrogen-bond acceptors (Lipinski definition) is 4. The van der Waals surface area contributed by atoms with Crippen molar-refractivity contribution in [3.63, 3.8) is 0 Å². The Balaban J connectivity index is 0.00000529. The highest BCUT2D eigenvalue weighted by molar-refractivity contribution is 7.89. The predicted octanol–water partition coefficient (Wildman–Crippen LogP) is 2.54. The van der Waals surface area contributed by atoms with Crippen LogP contribution in [0.15, 0.2) is 17.0 Å². The number of methoxy groups -OCH3 is 1. The maximum Gasteiger partial charge on any atom is 0.241 e. The van der Waals surface area contributed by atoms with E-state index in [0.29, 0.717) is 31.1 Å². The zero-order chi connectivity index (χ0) is 17.7. The molecule has 0 spiro atoms. The molecule has 140 valence electrons. The molecule has 0 bridgehead atoms. The lowest BCUT2D eigenvalue weighted by Crippen LogP contribution is -2.33. The minimum absolute atomic E-state index is 0. The van der Waals surface area contributed by atoms with Crippen LogP contribution >= 0.6 is 12.4 Å². The Hall–Kier alpha value is -0.660. The first-order chi connectivity index (χ1) is 10.6. The second-order valence-electron chi connectivity index (χ2n) is 6.83. The second-order valence-corrected chi connectivity index (χ2v) is 8.53. The Morgan fingerprint density at radius 2 is 1.58 bits per heavy atom. The summed E-state index contributed by atoms with van der Waals surface area (Å²) < 4.78 is 32.7. The Labute approximate surface area is 153 Å². The van der Waals surface area contributed by atoms with Crippen LogP contribution in [0, 0.1) is 13.8 Å². The lowest BCUT2D eigenvalue weighted by atomic mass is 9.85. The normalized spacial score (nSPS) is 12.1. The van der Waals surface area contributed by atoms with E-state index in [4.69, 9.17) is 4.74 Å². The summed E-state index contributed by atoms with van der Waals surface area (Å²) in [6.45, 7) is 12.3. The van der Waals surface area contributed by atoms with Crippen molar-refractivity contribution < 1.29 is 13.2 Å². The molecule has 1 aromatic rings. The number of benzene rings is 1. The quantitative estimate of drug-likeness (QED) is 0.682. The molecule has 0 heterocycles. The molecule has 1 rings (SSSR count). The number of rotatable bonds is 8. The summed E-state index contributed by atoms with van der Waals surface area (Å²) in [5.41, 5.74) is 2.72. The minimum atomic E-state index is -3.50. The third kappa shape index (κ3) is 6.69. The summed E-state index contributed by atoms with van der Waals surface area (Å²) in [6, 6.07) is 3.94. The fraction of sp³-hybridized carbons (Fsp3) is 0.647. The molecule has 0 saturated carbocycles. The van der Waals surface area contributed by atoms with Crippen molar-refractivity contribution >= 4 is 22.4 Å². The molecule has 0 radical (unpaired) electrons. The number of ether oxygens (including phenoxy) is 1. The van der Waals surface area contributed by atoms with Gasteiger partial charge in [-0.25, -0.2) is 13.1 Å². The largest absolute Gasteiger partial charge is 0.383 e. The molecule has 0 amide bonds. The van der Waals surface area contributed by atoms with Gasteiger partial charge in [0.1, 0.15) is 0 Å². The van der Waals surface area contributed by atoms with Crippen LogP contribution < -0.4 is 10.0 Å². The number of nitrogens with one attached hydrogen (secondary N) is 2. The van der Waals surface area contributed by atoms with Crippen LogP contribution in [-0.4, -0.2) is 41.8 Å². The second kappa shape index (κ2) is 9.73. The van der Waals surface area contributed by atoms with E-state index in [1.807, 2.05) is 26.0 Å². The van der Waals surface area contributed by atoms with Crippen LogP contribution in [0.2, 0.25) is 0 Å². The van der Waals surface area contributed by atoms with Crippen LogP contribution in [0.25, 0.3) is 0 Å². The van der Waals surface area contributed by atoms with Gasteiger partial charge in [-0.3, -0.25) is 0 Å². The Morgan fingerprint density at radius 3 is 2.04 bits per heavy atom. The molecule has 1 aromatic carbocycles. The molecule has 0 aliphatic carbocycles. The average molecular weight is 379 g/mol. The predicted molar refractivity (Wildman–Crippen MR) is 102 cm³/mol. The van der Waals surface area contributed by atoms with Crippen molar-refractivity contribution in [2.75, 3.05) is 33.4 Å². The van der Waals surface area contributed by atoms with Crippen molar-refractivity contribution in [2.45, 2.75) is 44.9 Å². The van der Waals surface area contributed by atoms with Gasteiger partial charge in [-0.15, -0.1) is 12.4 Å². The van der Waals surface area contributed by atoms with Crippen molar-refractivity contribution in [3.05, 3.63) is 28.8 Å². The van der Waals surface area contributed by atoms with Gasteiger partial charge in [-0.1, -0.05) is 32.9 Å². The van der Waals surface area contributed by atoms with Crippen LogP contribution in [0.3, 0.4) is 0 Å². The van der Waals surface area contributed by atoms with Crippen molar-refractivity contribution in [2.24, 2.45) is 0 Å². The average Bonchev–Trinajstić information content (AvgIpc) is 2.40. The Morgan fingerprint density at radius 1 is 1.04 bits per heavy atom. The summed E-state index contributed by atoms with van der Waals surface area (Å²) >= 11 is 0. The van der Waals surface area contributed by atoms with Gasteiger partial charge in [0.25, 0.3) is 0 Å². The van der Waals surface area contributed by atoms with Gasteiger partial charge < -0.3 is 10.1 Å². The van der Waals surface area contributed by atoms with E-state index in [2.05, 4.69) is 30.8 Å². The molecule has 0 aliphatic rings. The highest BCUT2D eigenvalue weighted by atomic mass is 35.5. The van der Waals surface area contributed by atoms with E-state index in [1.165, 1.54) is 0 Å². The molecule has 0 aliphatic heterocycles. The van der Waals surface area contributed by atoms with Gasteiger partial charge in [0, 0.05) is 26.7 Å². The summed E-state index contributed by atoms with van der Waals surface area (Å²) in [4.78, 5) is 0.391. The SMILES string of the molecule is COCCNCCNS(=O)(=O)c1c(C)cc(C(C)(C)C)cc1C.Cl. The lowest BCUT2D eigenvalue weighted by Gasteiger charge is -2.22. The van der Waals surface area contributed by atoms with Crippen LogP contribution in [0.4, 0.5) is 0 Å². The Kier molecular flexibility index (Phi) is 9.46. The number of hydrogen-bond donors (Lipinski definition) is 2. The van der Waals surface area contributed by atoms with Gasteiger partial charge in [-0.05, 0) is 36.0 Å². The number of sulfonamides is 1. The molecular weight excluding hydrogens is 348 g/mol. The first kappa shape index (κ1) is 23.3. The molecule has 24 heavy (non-hydrogen) atoms. The summed E-state index contributed by atoms with van der Waals surface area (Å²) in [6.07, 6.45) is 0. The highest BCUT2D eigenvalue weighted by Crippen LogP contribution is 2.28. The molecular formula is C17H31ClN2O3S. The van der Waals surface area contributed by atoms with Crippen molar-refractivity contribution in [1.29, 1.82) is 0 Å². The third-order valence-electron chi connectivity index (χ3n) is 3.67. The maximum absolute atomic E-state index is 12.6. The first-order valence-corrected chi connectivity index (χ1v) is 9.39. The zero-order valence-corrected chi connectivity index (χ0v) is 17.2. The van der Waals surface area contributed by atoms with Gasteiger partial charge in [0.2, 0.25) is 10.0 Å². The summed E-state index contributed by atoms with van der Waals surface area (Å²) in [7, 11) is -1.86. The highest BCUT2D eigenvalue weighted by Gasteiger charge is 2.22. The van der Waals surface area contributed by atoms with E-state index in [9.17, 15) is 8.42 Å². The minimum Gasteiger partial charge on any atom is -0.383 e. The standard InChI is InChI=1S/C17H30N2O3S.ClH/c1-13-11-15(17(3,4)5)12-14(2)16(13)23(20,21)19-8-7-18-9-10-22-6;/h11-12,18-19H,7-10H2,1-6H3;1H. The zero-order valence-electron chi connectivity index (χ0n) is 15.5. The van der Waals surface area contributed by atoms with Gasteiger partial charge in [0.05, 0.1) is 11.5 Å². The molecule has 5 nitrogen and oxygen atoms in total. The van der Waals surface area contributed by atoms with Crippen LogP contribution in [0.1, 0.15) is 37.5 Å².